The van der Waals surface area contributed by atoms with E-state index in [1.54, 1.807) is 0 Å². The van der Waals surface area contributed by atoms with E-state index < -0.39 is 30.3 Å². The molecule has 0 radical (unpaired) electrons. The predicted octanol–water partition coefficient (Wildman–Crippen LogP) is 2.52. The number of carbonyl (C=O) groups excluding carboxylic acids is 4. The van der Waals surface area contributed by atoms with Gasteiger partial charge >= 0.3 is 17.8 Å². The third-order valence-corrected chi connectivity index (χ3v) is 3.75. The molecule has 1 aromatic carbocycles. The molecule has 1 N–H and O–H groups in total. The molecule has 128 valence electrons. The number of imide groups is 2. The zero-order valence-corrected chi connectivity index (χ0v) is 14.4. The SMILES string of the molecule is CCCCN1C(=O)C(=O)N(CC(=O)Nc2cc(Cl)cc(Cl)c2)C1=O. The fourth-order valence-corrected chi connectivity index (χ4v) is 2.70. The maximum Gasteiger partial charge on any atom is 0.334 e. The van der Waals surface area contributed by atoms with Crippen molar-refractivity contribution >= 4 is 52.6 Å². The van der Waals surface area contributed by atoms with E-state index in [2.05, 4.69) is 5.32 Å². The van der Waals surface area contributed by atoms with E-state index >= 15 is 0 Å². The molecule has 24 heavy (non-hydrogen) atoms. The number of benzene rings is 1. The van der Waals surface area contributed by atoms with E-state index in [1.807, 2.05) is 6.92 Å². The molecule has 1 aliphatic heterocycles. The van der Waals surface area contributed by atoms with Crippen LogP contribution in [0.2, 0.25) is 10.0 Å². The molecule has 0 atom stereocenters. The predicted molar refractivity (Wildman–Crippen MR) is 88.8 cm³/mol. The van der Waals surface area contributed by atoms with Crippen LogP contribution in [0.4, 0.5) is 10.5 Å². The lowest BCUT2D eigenvalue weighted by Gasteiger charge is -2.15. The van der Waals surface area contributed by atoms with Crippen molar-refractivity contribution in [2.45, 2.75) is 19.8 Å². The highest BCUT2D eigenvalue weighted by atomic mass is 35.5. The quantitative estimate of drug-likeness (QED) is 0.614. The fourth-order valence-electron chi connectivity index (χ4n) is 2.17. The highest BCUT2D eigenvalue weighted by Gasteiger charge is 2.44. The van der Waals surface area contributed by atoms with Crippen LogP contribution in [-0.4, -0.2) is 46.6 Å². The Labute approximate surface area is 148 Å². The number of urea groups is 1. The van der Waals surface area contributed by atoms with Crippen LogP contribution in [0.25, 0.3) is 0 Å². The number of nitrogens with zero attached hydrogens (tertiary/aromatic N) is 2. The first-order valence-corrected chi connectivity index (χ1v) is 8.02. The minimum absolute atomic E-state index is 0.155. The Morgan fingerprint density at radius 1 is 1.04 bits per heavy atom. The molecule has 9 heteroatoms. The molecular formula is C15H15Cl2N3O4. The molecule has 1 aliphatic rings. The number of rotatable bonds is 6. The average molecular weight is 372 g/mol. The molecule has 1 heterocycles. The molecule has 0 bridgehead atoms. The molecule has 0 saturated carbocycles. The van der Waals surface area contributed by atoms with Gasteiger partial charge in [0, 0.05) is 22.3 Å². The van der Waals surface area contributed by atoms with Gasteiger partial charge in [0.1, 0.15) is 6.54 Å². The second-order valence-corrected chi connectivity index (χ2v) is 6.06. The standard InChI is InChI=1S/C15H15Cl2N3O4/c1-2-3-4-19-13(22)14(23)20(15(19)24)8-12(21)18-11-6-9(16)5-10(17)7-11/h5-7H,2-4,8H2,1H3,(H,18,21). The maximum atomic E-state index is 12.1. The molecule has 2 rings (SSSR count). The maximum absolute atomic E-state index is 12.1. The first-order valence-electron chi connectivity index (χ1n) is 7.26. The Kier molecular flexibility index (Phi) is 5.80. The van der Waals surface area contributed by atoms with Gasteiger partial charge in [-0.25, -0.2) is 9.69 Å². The molecule has 0 aliphatic carbocycles. The molecule has 1 aromatic rings. The Hall–Kier alpha value is -2.12. The van der Waals surface area contributed by atoms with E-state index in [1.165, 1.54) is 18.2 Å². The minimum atomic E-state index is -1.00. The van der Waals surface area contributed by atoms with Gasteiger partial charge in [0.25, 0.3) is 0 Å². The number of hydrogen-bond donors (Lipinski definition) is 1. The zero-order chi connectivity index (χ0) is 17.9. The summed E-state index contributed by atoms with van der Waals surface area (Å²) >= 11 is 11.7. The van der Waals surface area contributed by atoms with Crippen LogP contribution in [0.5, 0.6) is 0 Å². The molecule has 5 amide bonds. The summed E-state index contributed by atoms with van der Waals surface area (Å²) in [6.07, 6.45) is 1.35. The lowest BCUT2D eigenvalue weighted by atomic mass is 10.3. The van der Waals surface area contributed by atoms with Crippen molar-refractivity contribution in [3.05, 3.63) is 28.2 Å². The summed E-state index contributed by atoms with van der Waals surface area (Å²) in [5.74, 6) is -2.55. The highest BCUT2D eigenvalue weighted by Crippen LogP contribution is 2.22. The second-order valence-electron chi connectivity index (χ2n) is 5.19. The van der Waals surface area contributed by atoms with Crippen LogP contribution in [-0.2, 0) is 14.4 Å². The molecule has 1 fully saturated rings. The number of unbranched alkanes of at least 4 members (excludes halogenated alkanes) is 1. The highest BCUT2D eigenvalue weighted by molar-refractivity contribution is 6.45. The first kappa shape index (κ1) is 18.2. The molecule has 7 nitrogen and oxygen atoms in total. The Bertz CT molecular complexity index is 688. The molecule has 0 aromatic heterocycles. The van der Waals surface area contributed by atoms with Gasteiger partial charge in [0.15, 0.2) is 0 Å². The van der Waals surface area contributed by atoms with Crippen molar-refractivity contribution in [2.24, 2.45) is 0 Å². The van der Waals surface area contributed by atoms with E-state index in [9.17, 15) is 19.2 Å². The summed E-state index contributed by atoms with van der Waals surface area (Å²) in [5, 5.41) is 3.13. The Balaban J connectivity index is 2.04. The van der Waals surface area contributed by atoms with Crippen molar-refractivity contribution in [2.75, 3.05) is 18.4 Å². The van der Waals surface area contributed by atoms with Crippen LogP contribution in [0.1, 0.15) is 19.8 Å². The van der Waals surface area contributed by atoms with Gasteiger partial charge in [0.05, 0.1) is 0 Å². The second kappa shape index (κ2) is 7.63. The topological polar surface area (TPSA) is 86.8 Å². The van der Waals surface area contributed by atoms with Crippen LogP contribution in [0.15, 0.2) is 18.2 Å². The monoisotopic (exact) mass is 371 g/mol. The van der Waals surface area contributed by atoms with Crippen molar-refractivity contribution in [1.82, 2.24) is 9.80 Å². The normalized spacial score (nSPS) is 14.5. The van der Waals surface area contributed by atoms with E-state index in [0.717, 1.165) is 11.3 Å². The van der Waals surface area contributed by atoms with Gasteiger partial charge in [0.2, 0.25) is 5.91 Å². The minimum Gasteiger partial charge on any atom is -0.324 e. The third kappa shape index (κ3) is 4.04. The van der Waals surface area contributed by atoms with Gasteiger partial charge in [-0.1, -0.05) is 36.5 Å². The molecule has 1 saturated heterocycles. The smallest absolute Gasteiger partial charge is 0.324 e. The number of carbonyl (C=O) groups is 4. The van der Waals surface area contributed by atoms with Crippen molar-refractivity contribution in [3.8, 4) is 0 Å². The molecular weight excluding hydrogens is 357 g/mol. The average Bonchev–Trinajstić information content (AvgIpc) is 2.68. The number of halogens is 2. The lowest BCUT2D eigenvalue weighted by Crippen LogP contribution is -2.39. The van der Waals surface area contributed by atoms with Crippen LogP contribution in [0, 0.1) is 0 Å². The summed E-state index contributed by atoms with van der Waals surface area (Å²) in [5.41, 5.74) is 0.325. The van der Waals surface area contributed by atoms with Gasteiger partial charge in [-0.05, 0) is 24.6 Å². The van der Waals surface area contributed by atoms with Gasteiger partial charge in [-0.15, -0.1) is 0 Å². The number of amides is 5. The van der Waals surface area contributed by atoms with Gasteiger partial charge in [-0.2, -0.15) is 0 Å². The van der Waals surface area contributed by atoms with Crippen molar-refractivity contribution in [1.29, 1.82) is 0 Å². The van der Waals surface area contributed by atoms with Crippen molar-refractivity contribution in [3.63, 3.8) is 0 Å². The summed E-state index contributed by atoms with van der Waals surface area (Å²) in [4.78, 5) is 49.3. The summed E-state index contributed by atoms with van der Waals surface area (Å²) < 4.78 is 0. The lowest BCUT2D eigenvalue weighted by molar-refractivity contribution is -0.143. The Morgan fingerprint density at radius 2 is 1.62 bits per heavy atom. The third-order valence-electron chi connectivity index (χ3n) is 3.32. The summed E-state index contributed by atoms with van der Waals surface area (Å²) in [6, 6.07) is 3.66. The summed E-state index contributed by atoms with van der Waals surface area (Å²) in [7, 11) is 0. The number of hydrogen-bond acceptors (Lipinski definition) is 4. The summed E-state index contributed by atoms with van der Waals surface area (Å²) in [6.45, 7) is 1.49. The number of anilines is 1. The largest absolute Gasteiger partial charge is 0.334 e. The van der Waals surface area contributed by atoms with E-state index in [-0.39, 0.29) is 6.54 Å². The molecule has 0 unspecified atom stereocenters. The zero-order valence-electron chi connectivity index (χ0n) is 12.8. The van der Waals surface area contributed by atoms with Crippen LogP contribution in [0.3, 0.4) is 0 Å². The first-order chi connectivity index (χ1) is 11.3. The van der Waals surface area contributed by atoms with E-state index in [4.69, 9.17) is 23.2 Å². The van der Waals surface area contributed by atoms with Gasteiger partial charge in [-0.3, -0.25) is 19.3 Å². The van der Waals surface area contributed by atoms with Crippen molar-refractivity contribution < 1.29 is 19.2 Å². The van der Waals surface area contributed by atoms with Crippen LogP contribution >= 0.6 is 23.2 Å². The van der Waals surface area contributed by atoms with E-state index in [0.29, 0.717) is 27.1 Å². The van der Waals surface area contributed by atoms with Gasteiger partial charge < -0.3 is 5.32 Å². The number of nitrogens with one attached hydrogen (secondary N) is 1. The Morgan fingerprint density at radius 3 is 2.21 bits per heavy atom. The van der Waals surface area contributed by atoms with Crippen LogP contribution < -0.4 is 5.32 Å². The molecule has 0 spiro atoms. The fraction of sp³-hybridized carbons (Fsp3) is 0.333.